The molecule has 0 bridgehead atoms. The number of hydrogen-bond donors (Lipinski definition) is 6. The third-order valence-electron chi connectivity index (χ3n) is 6.88. The Hall–Kier alpha value is -4.60. The molecule has 0 aliphatic rings. The van der Waals surface area contributed by atoms with E-state index in [9.17, 15) is 69.8 Å². The van der Waals surface area contributed by atoms with Crippen molar-refractivity contribution < 1.29 is 87.3 Å². The van der Waals surface area contributed by atoms with E-state index in [0.717, 1.165) is 42.5 Å². The summed E-state index contributed by atoms with van der Waals surface area (Å²) in [7, 11) is -29.1. The number of rotatable bonds is 16. The van der Waals surface area contributed by atoms with Crippen LogP contribution >= 0.6 is 0 Å². The predicted octanol–water partition coefficient (Wildman–Crippen LogP) is 2.76. The number of azo groups is 2. The summed E-state index contributed by atoms with van der Waals surface area (Å²) in [6, 6.07) is 8.49. The van der Waals surface area contributed by atoms with Crippen LogP contribution in [-0.4, -0.2) is 104 Å². The first-order valence-corrected chi connectivity index (χ1v) is 23.2. The molecule has 0 aromatic heterocycles. The van der Waals surface area contributed by atoms with Crippen LogP contribution in [0.2, 0.25) is 0 Å². The molecule has 0 radical (unpaired) electrons. The molecule has 4 rings (SSSR count). The van der Waals surface area contributed by atoms with Crippen LogP contribution in [0.3, 0.4) is 0 Å². The zero-order chi connectivity index (χ0) is 42.1. The largest absolute Gasteiger partial charge is 0.505 e. The Morgan fingerprint density at radius 2 is 0.929 bits per heavy atom. The fraction of sp³-hybridized carbons (Fsp3) is 0.154. The molecule has 0 spiro atoms. The van der Waals surface area contributed by atoms with E-state index in [4.69, 9.17) is 9.11 Å². The van der Waals surface area contributed by atoms with Gasteiger partial charge in [0.1, 0.15) is 44.0 Å². The molecule has 0 fully saturated rings. The maximum atomic E-state index is 12.6. The molecule has 4 aromatic carbocycles. The highest BCUT2D eigenvalue weighted by Crippen LogP contribution is 2.41. The van der Waals surface area contributed by atoms with Gasteiger partial charge in [-0.3, -0.25) is 18.2 Å². The van der Waals surface area contributed by atoms with Crippen molar-refractivity contribution in [3.8, 4) is 11.5 Å². The molecule has 0 unspecified atom stereocenters. The molecule has 304 valence electrons. The van der Waals surface area contributed by atoms with Crippen LogP contribution in [0.15, 0.2) is 101 Å². The van der Waals surface area contributed by atoms with Crippen LogP contribution in [0, 0.1) is 0 Å². The van der Waals surface area contributed by atoms with E-state index in [2.05, 4.69) is 28.8 Å². The van der Waals surface area contributed by atoms with E-state index < -0.39 is 139 Å². The maximum absolute atomic E-state index is 12.6. The third kappa shape index (κ3) is 11.5. The summed E-state index contributed by atoms with van der Waals surface area (Å²) < 4.78 is 187. The molecule has 0 saturated heterocycles. The minimum absolute atomic E-state index is 0.0791. The van der Waals surface area contributed by atoms with E-state index in [0.29, 0.717) is 12.1 Å². The number of phenols is 2. The number of hydrogen-bond acceptors (Lipinski definition) is 20. The molecule has 0 saturated carbocycles. The Bertz CT molecular complexity index is 2970. The Morgan fingerprint density at radius 3 is 1.41 bits per heavy atom. The van der Waals surface area contributed by atoms with Crippen LogP contribution in [0.4, 0.5) is 22.7 Å². The summed E-state index contributed by atoms with van der Waals surface area (Å²) in [6.45, 7) is -2.01. The molecule has 24 nitrogen and oxygen atoms in total. The van der Waals surface area contributed by atoms with Crippen LogP contribution in [0.5, 0.6) is 11.5 Å². The maximum Gasteiger partial charge on any atom is 0.397 e. The number of sulfone groups is 2. The highest BCUT2D eigenvalue weighted by molar-refractivity contribution is 7.92. The zero-order valence-corrected chi connectivity index (χ0v) is 32.1. The van der Waals surface area contributed by atoms with Crippen LogP contribution in [0.1, 0.15) is 0 Å². The first kappa shape index (κ1) is 44.1. The Morgan fingerprint density at radius 1 is 0.482 bits per heavy atom. The Kier molecular flexibility index (Phi) is 12.7. The second-order valence-corrected chi connectivity index (χ2v) is 19.9. The fourth-order valence-electron chi connectivity index (χ4n) is 4.45. The van der Waals surface area contributed by atoms with E-state index in [-0.39, 0.29) is 10.8 Å². The SMILES string of the molecule is O=S(=O)(O)OCCS(=O)(=O)c1ccc(N=Nc2cc(N=Nc3ccc4cc(S(=O)(=O)CCOS(=O)(=O)O)ccc4c3S(=O)(=O)O)c(O)cc2O)c(S(=O)(=O)O)c1. The third-order valence-corrected chi connectivity index (χ3v) is 13.0. The second kappa shape index (κ2) is 16.1. The van der Waals surface area contributed by atoms with E-state index in [1.807, 2.05) is 0 Å². The van der Waals surface area contributed by atoms with Gasteiger partial charge in [-0.15, -0.1) is 20.5 Å². The van der Waals surface area contributed by atoms with Crippen molar-refractivity contribution in [1.82, 2.24) is 0 Å². The van der Waals surface area contributed by atoms with Crippen molar-refractivity contribution in [2.24, 2.45) is 20.5 Å². The lowest BCUT2D eigenvalue weighted by Crippen LogP contribution is -2.16. The first-order chi connectivity index (χ1) is 25.6. The van der Waals surface area contributed by atoms with Gasteiger partial charge < -0.3 is 10.2 Å². The quantitative estimate of drug-likeness (QED) is 0.0695. The average Bonchev–Trinajstić information content (AvgIpc) is 3.04. The lowest BCUT2D eigenvalue weighted by atomic mass is 10.1. The molecule has 56 heavy (non-hydrogen) atoms. The number of benzene rings is 4. The summed E-state index contributed by atoms with van der Waals surface area (Å²) in [5.41, 5.74) is -2.38. The Balaban J connectivity index is 1.69. The van der Waals surface area contributed by atoms with Crippen LogP contribution in [-0.2, 0) is 69.1 Å². The van der Waals surface area contributed by atoms with E-state index >= 15 is 0 Å². The van der Waals surface area contributed by atoms with Gasteiger partial charge in [0.2, 0.25) is 0 Å². The topological polar surface area (TPSA) is 394 Å². The monoisotopic (exact) mass is 904 g/mol. The summed E-state index contributed by atoms with van der Waals surface area (Å²) in [4.78, 5) is -3.19. The highest BCUT2D eigenvalue weighted by atomic mass is 32.3. The molecule has 0 atom stereocenters. The molecular formula is C26H24N4O20S6. The summed E-state index contributed by atoms with van der Waals surface area (Å²) in [6.07, 6.45) is 0. The van der Waals surface area contributed by atoms with Gasteiger partial charge in [0, 0.05) is 17.5 Å². The van der Waals surface area contributed by atoms with E-state index in [1.165, 1.54) is 6.07 Å². The zero-order valence-electron chi connectivity index (χ0n) is 27.2. The van der Waals surface area contributed by atoms with Crippen LogP contribution < -0.4 is 0 Å². The molecule has 0 aliphatic carbocycles. The van der Waals surface area contributed by atoms with Crippen molar-refractivity contribution in [3.05, 3.63) is 60.7 Å². The van der Waals surface area contributed by atoms with Crippen molar-refractivity contribution in [3.63, 3.8) is 0 Å². The molecule has 0 aliphatic heterocycles. The smallest absolute Gasteiger partial charge is 0.397 e. The Labute approximate surface area is 317 Å². The average molecular weight is 905 g/mol. The second-order valence-electron chi connectivity index (χ2n) is 10.7. The van der Waals surface area contributed by atoms with Crippen molar-refractivity contribution >= 4 is 94.2 Å². The number of aromatic hydroxyl groups is 2. The van der Waals surface area contributed by atoms with Gasteiger partial charge in [0.15, 0.2) is 19.7 Å². The summed E-state index contributed by atoms with van der Waals surface area (Å²) in [5, 5.41) is 35.0. The molecule has 6 N–H and O–H groups in total. The van der Waals surface area contributed by atoms with Crippen molar-refractivity contribution in [2.45, 2.75) is 19.6 Å². The molecule has 4 aromatic rings. The number of phenolic OH excluding ortho intramolecular Hbond substituents is 2. The van der Waals surface area contributed by atoms with Gasteiger partial charge in [0.25, 0.3) is 20.2 Å². The minimum atomic E-state index is -5.23. The molecule has 0 amide bonds. The highest BCUT2D eigenvalue weighted by Gasteiger charge is 2.25. The first-order valence-electron chi connectivity index (χ1n) is 14.3. The standard InChI is InChI=1S/C26H24N4O20S6/c31-23-14-24(32)22(13-21(23)29-27-19-6-3-17(12-25(19)53(37,38)39)52(35,36)10-8-50-56(46,47)48)30-28-20-5-1-15-11-16(2-4-18(15)26(20)54(40,41)42)51(33,34)9-7-49-55(43,44)45/h1-6,11-14,31-32H,7-10H2,(H,37,38,39)(H,40,41,42)(H,43,44,45)(H,46,47,48). The summed E-state index contributed by atoms with van der Waals surface area (Å²) in [5.74, 6) is -3.57. The normalized spacial score (nSPS) is 13.6. The van der Waals surface area contributed by atoms with Gasteiger partial charge in [0.05, 0.1) is 34.5 Å². The van der Waals surface area contributed by atoms with Crippen LogP contribution in [0.25, 0.3) is 10.8 Å². The minimum Gasteiger partial charge on any atom is -0.505 e. The van der Waals surface area contributed by atoms with Gasteiger partial charge in [-0.1, -0.05) is 12.1 Å². The lowest BCUT2D eigenvalue weighted by Gasteiger charge is -2.10. The lowest BCUT2D eigenvalue weighted by molar-refractivity contribution is 0.282. The number of nitrogens with zero attached hydrogens (tertiary/aromatic N) is 4. The molecular weight excluding hydrogens is 881 g/mol. The van der Waals surface area contributed by atoms with Crippen molar-refractivity contribution in [1.29, 1.82) is 0 Å². The molecule has 0 heterocycles. The van der Waals surface area contributed by atoms with Crippen molar-refractivity contribution in [2.75, 3.05) is 24.7 Å². The predicted molar refractivity (Wildman–Crippen MR) is 187 cm³/mol. The fourth-order valence-corrected chi connectivity index (χ4v) is 9.04. The summed E-state index contributed by atoms with van der Waals surface area (Å²) >= 11 is 0. The number of fused-ring (bicyclic) bond motifs is 1. The van der Waals surface area contributed by atoms with Gasteiger partial charge in [-0.25, -0.2) is 25.2 Å². The molecule has 30 heteroatoms. The van der Waals surface area contributed by atoms with E-state index in [1.54, 1.807) is 0 Å². The van der Waals surface area contributed by atoms with Gasteiger partial charge >= 0.3 is 20.8 Å². The van der Waals surface area contributed by atoms with Gasteiger partial charge in [-0.05, 0) is 41.8 Å². The van der Waals surface area contributed by atoms with Gasteiger partial charge in [-0.2, -0.15) is 33.7 Å².